The summed E-state index contributed by atoms with van der Waals surface area (Å²) in [6.45, 7) is 9.53. The topological polar surface area (TPSA) is 101 Å². The Bertz CT molecular complexity index is 1360. The van der Waals surface area contributed by atoms with Crippen molar-refractivity contribution in [3.05, 3.63) is 72.4 Å². The fourth-order valence-corrected chi connectivity index (χ4v) is 5.39. The Morgan fingerprint density at radius 2 is 1.71 bits per heavy atom. The van der Waals surface area contributed by atoms with Crippen LogP contribution in [0.3, 0.4) is 0 Å². The van der Waals surface area contributed by atoms with Gasteiger partial charge in [0.2, 0.25) is 5.88 Å². The second-order valence-corrected chi connectivity index (χ2v) is 12.7. The van der Waals surface area contributed by atoms with Crippen LogP contribution < -0.4 is 20.3 Å². The molecule has 2 amide bonds. The van der Waals surface area contributed by atoms with Crippen molar-refractivity contribution in [1.29, 1.82) is 0 Å². The summed E-state index contributed by atoms with van der Waals surface area (Å²) in [6, 6.07) is 18.1. The van der Waals surface area contributed by atoms with Crippen molar-refractivity contribution in [3.8, 4) is 11.6 Å². The standard InChI is InChI=1S/C29H36N4O4S/c1-5-38(35,36)23-14-12-22(13-15-23)33-19-16-21(17-20-33)31-28(34)32-25-10-8-18-30-27(25)37-26-11-7-6-9-24(26)29(2,3)4/h6-15,18,21H,5,16-17,19-20H2,1-4H3,(H2,31,32,34). The Balaban J connectivity index is 1.34. The lowest BCUT2D eigenvalue weighted by molar-refractivity contribution is 0.246. The maximum Gasteiger partial charge on any atom is 0.319 e. The molecular weight excluding hydrogens is 500 g/mol. The Morgan fingerprint density at radius 3 is 2.37 bits per heavy atom. The zero-order chi connectivity index (χ0) is 27.3. The molecule has 0 aliphatic carbocycles. The monoisotopic (exact) mass is 536 g/mol. The van der Waals surface area contributed by atoms with Gasteiger partial charge in [-0.3, -0.25) is 0 Å². The fraction of sp³-hybridized carbons (Fsp3) is 0.379. The first kappa shape index (κ1) is 27.4. The van der Waals surface area contributed by atoms with E-state index >= 15 is 0 Å². The number of para-hydroxylation sites is 1. The first-order valence-corrected chi connectivity index (χ1v) is 14.6. The van der Waals surface area contributed by atoms with Crippen molar-refractivity contribution >= 4 is 27.2 Å². The number of carbonyl (C=O) groups excluding carboxylic acids is 1. The molecule has 1 aliphatic rings. The number of aromatic nitrogens is 1. The molecule has 202 valence electrons. The van der Waals surface area contributed by atoms with Crippen LogP contribution in [-0.2, 0) is 15.3 Å². The highest BCUT2D eigenvalue weighted by Gasteiger charge is 2.23. The van der Waals surface area contributed by atoms with Crippen molar-refractivity contribution in [1.82, 2.24) is 10.3 Å². The predicted molar refractivity (Wildman–Crippen MR) is 151 cm³/mol. The van der Waals surface area contributed by atoms with E-state index in [-0.39, 0.29) is 23.2 Å². The largest absolute Gasteiger partial charge is 0.437 e. The van der Waals surface area contributed by atoms with Crippen LogP contribution in [0, 0.1) is 0 Å². The minimum Gasteiger partial charge on any atom is -0.437 e. The SMILES string of the molecule is CCS(=O)(=O)c1ccc(N2CCC(NC(=O)Nc3cccnc3Oc3ccccc3C(C)(C)C)CC2)cc1. The number of piperidine rings is 1. The number of ether oxygens (including phenoxy) is 1. The molecular formula is C29H36N4O4S. The van der Waals surface area contributed by atoms with E-state index in [1.54, 1.807) is 37.4 Å². The molecule has 4 rings (SSSR count). The molecule has 0 radical (unpaired) electrons. The Hall–Kier alpha value is -3.59. The van der Waals surface area contributed by atoms with E-state index < -0.39 is 9.84 Å². The summed E-state index contributed by atoms with van der Waals surface area (Å²) >= 11 is 0. The van der Waals surface area contributed by atoms with Crippen molar-refractivity contribution in [2.45, 2.75) is 56.9 Å². The zero-order valence-electron chi connectivity index (χ0n) is 22.4. The van der Waals surface area contributed by atoms with Gasteiger partial charge in [-0.15, -0.1) is 0 Å². The average molecular weight is 537 g/mol. The molecule has 9 heteroatoms. The van der Waals surface area contributed by atoms with Gasteiger partial charge in [-0.2, -0.15) is 0 Å². The van der Waals surface area contributed by atoms with E-state index in [2.05, 4.69) is 41.3 Å². The molecule has 2 heterocycles. The van der Waals surface area contributed by atoms with Gasteiger partial charge in [0.05, 0.1) is 10.6 Å². The van der Waals surface area contributed by atoms with Crippen LogP contribution in [0.25, 0.3) is 0 Å². The molecule has 8 nitrogen and oxygen atoms in total. The van der Waals surface area contributed by atoms with Crippen LogP contribution in [0.2, 0.25) is 0 Å². The number of rotatable bonds is 7. The van der Waals surface area contributed by atoms with E-state index in [1.165, 1.54) is 0 Å². The molecule has 0 atom stereocenters. The number of amides is 2. The van der Waals surface area contributed by atoms with Gasteiger partial charge in [-0.25, -0.2) is 18.2 Å². The maximum atomic E-state index is 12.8. The molecule has 38 heavy (non-hydrogen) atoms. The first-order valence-electron chi connectivity index (χ1n) is 12.9. The molecule has 0 bridgehead atoms. The van der Waals surface area contributed by atoms with Crippen molar-refractivity contribution in [3.63, 3.8) is 0 Å². The zero-order valence-corrected chi connectivity index (χ0v) is 23.2. The van der Waals surface area contributed by atoms with Gasteiger partial charge >= 0.3 is 6.03 Å². The number of nitrogens with zero attached hydrogens (tertiary/aromatic N) is 2. The van der Waals surface area contributed by atoms with Crippen LogP contribution in [0.5, 0.6) is 11.6 Å². The number of pyridine rings is 1. The lowest BCUT2D eigenvalue weighted by atomic mass is 9.86. The molecule has 0 unspecified atom stereocenters. The number of hydrogen-bond acceptors (Lipinski definition) is 6. The van der Waals surface area contributed by atoms with Gasteiger partial charge in [-0.05, 0) is 60.7 Å². The normalized spacial score (nSPS) is 14.7. The second-order valence-electron chi connectivity index (χ2n) is 10.5. The maximum absolute atomic E-state index is 12.8. The van der Waals surface area contributed by atoms with Crippen LogP contribution in [0.1, 0.15) is 46.1 Å². The van der Waals surface area contributed by atoms with E-state index in [9.17, 15) is 13.2 Å². The number of nitrogens with one attached hydrogen (secondary N) is 2. The second kappa shape index (κ2) is 11.4. The van der Waals surface area contributed by atoms with Gasteiger partial charge in [-0.1, -0.05) is 45.9 Å². The highest BCUT2D eigenvalue weighted by Crippen LogP contribution is 2.35. The van der Waals surface area contributed by atoms with Gasteiger partial charge in [0, 0.05) is 36.6 Å². The molecule has 0 saturated carbocycles. The van der Waals surface area contributed by atoms with Crippen molar-refractivity contribution < 1.29 is 17.9 Å². The van der Waals surface area contributed by atoms with Crippen LogP contribution in [0.15, 0.2) is 71.8 Å². The minimum atomic E-state index is -3.21. The van der Waals surface area contributed by atoms with Gasteiger partial charge in [0.15, 0.2) is 9.84 Å². The van der Waals surface area contributed by atoms with E-state index in [0.29, 0.717) is 22.2 Å². The summed E-state index contributed by atoms with van der Waals surface area (Å²) in [7, 11) is -3.21. The predicted octanol–water partition coefficient (Wildman–Crippen LogP) is 5.76. The number of hydrogen-bond donors (Lipinski definition) is 2. The number of sulfone groups is 1. The molecule has 3 aromatic rings. The Morgan fingerprint density at radius 1 is 1.03 bits per heavy atom. The third-order valence-corrected chi connectivity index (χ3v) is 8.44. The Labute approximate surface area is 225 Å². The summed E-state index contributed by atoms with van der Waals surface area (Å²) in [5.41, 5.74) is 2.42. The van der Waals surface area contributed by atoms with Crippen molar-refractivity contribution in [2.24, 2.45) is 0 Å². The summed E-state index contributed by atoms with van der Waals surface area (Å²) < 4.78 is 30.3. The van der Waals surface area contributed by atoms with Crippen LogP contribution >= 0.6 is 0 Å². The summed E-state index contributed by atoms with van der Waals surface area (Å²) in [4.78, 5) is 19.8. The summed E-state index contributed by atoms with van der Waals surface area (Å²) in [5, 5.41) is 5.96. The van der Waals surface area contributed by atoms with Crippen molar-refractivity contribution in [2.75, 3.05) is 29.1 Å². The molecule has 2 N–H and O–H groups in total. The van der Waals surface area contributed by atoms with E-state index in [1.807, 2.05) is 36.4 Å². The molecule has 1 aliphatic heterocycles. The molecule has 1 aromatic heterocycles. The Kier molecular flexibility index (Phi) is 8.26. The van der Waals surface area contributed by atoms with Crippen LogP contribution in [0.4, 0.5) is 16.2 Å². The number of carbonyl (C=O) groups is 1. The number of urea groups is 1. The molecule has 1 saturated heterocycles. The fourth-order valence-electron chi connectivity index (χ4n) is 4.50. The lowest BCUT2D eigenvalue weighted by Crippen LogP contribution is -2.46. The summed E-state index contributed by atoms with van der Waals surface area (Å²) in [5.74, 6) is 1.13. The lowest BCUT2D eigenvalue weighted by Gasteiger charge is -2.34. The third kappa shape index (κ3) is 6.64. The molecule has 2 aromatic carbocycles. The first-order chi connectivity index (χ1) is 18.1. The quantitative estimate of drug-likeness (QED) is 0.398. The number of anilines is 2. The smallest absolute Gasteiger partial charge is 0.319 e. The highest BCUT2D eigenvalue weighted by molar-refractivity contribution is 7.91. The minimum absolute atomic E-state index is 0.0219. The highest BCUT2D eigenvalue weighted by atomic mass is 32.2. The van der Waals surface area contributed by atoms with Crippen LogP contribution in [-0.4, -0.2) is 44.3 Å². The van der Waals surface area contributed by atoms with E-state index in [4.69, 9.17) is 4.74 Å². The summed E-state index contributed by atoms with van der Waals surface area (Å²) in [6.07, 6.45) is 3.19. The molecule has 0 spiro atoms. The number of benzene rings is 2. The van der Waals surface area contributed by atoms with E-state index in [0.717, 1.165) is 37.2 Å². The van der Waals surface area contributed by atoms with Gasteiger partial charge < -0.3 is 20.3 Å². The van der Waals surface area contributed by atoms with Gasteiger partial charge in [0.25, 0.3) is 0 Å². The average Bonchev–Trinajstić information content (AvgIpc) is 2.90. The molecule has 1 fully saturated rings. The third-order valence-electron chi connectivity index (χ3n) is 6.69. The van der Waals surface area contributed by atoms with Gasteiger partial charge in [0.1, 0.15) is 11.4 Å².